The number of carbonyl (C=O) groups is 4. The van der Waals surface area contributed by atoms with E-state index in [1.807, 2.05) is 6.92 Å². The highest BCUT2D eigenvalue weighted by Gasteiger charge is 2.56. The molecular weight excluding hydrogens is 913 g/mol. The Balaban J connectivity index is 1.11. The third-order valence-corrected chi connectivity index (χ3v) is 11.7. The van der Waals surface area contributed by atoms with Gasteiger partial charge in [0.2, 0.25) is 5.76 Å². The fourth-order valence-corrected chi connectivity index (χ4v) is 7.58. The van der Waals surface area contributed by atoms with Crippen molar-refractivity contribution in [1.82, 2.24) is 0 Å². The van der Waals surface area contributed by atoms with E-state index >= 15 is 0 Å². The van der Waals surface area contributed by atoms with E-state index in [9.17, 15) is 75.3 Å². The number of carboxylic acids is 1. The van der Waals surface area contributed by atoms with Gasteiger partial charge in [0.1, 0.15) is 61.0 Å². The van der Waals surface area contributed by atoms with Crippen LogP contribution in [-0.4, -0.2) is 178 Å². The quantitative estimate of drug-likeness (QED) is 0.0422. The van der Waals surface area contributed by atoms with Gasteiger partial charge in [-0.05, 0) is 56.2 Å². The van der Waals surface area contributed by atoms with Crippen molar-refractivity contribution in [3.63, 3.8) is 0 Å². The number of hydrogen-bond acceptors (Lipinski definition) is 20. The molecule has 0 radical (unpaired) electrons. The first-order chi connectivity index (χ1) is 32.6. The molecule has 0 spiro atoms. The molecule has 1 aromatic rings. The average molecular weight is 971 g/mol. The van der Waals surface area contributed by atoms with Crippen LogP contribution in [0.1, 0.15) is 45.6 Å². The van der Waals surface area contributed by atoms with E-state index in [4.69, 9.17) is 28.4 Å². The highest BCUT2D eigenvalue weighted by molar-refractivity contribution is 5.95. The summed E-state index contributed by atoms with van der Waals surface area (Å²) in [5.74, 6) is -4.96. The Morgan fingerprint density at radius 2 is 1.39 bits per heavy atom. The molecule has 0 aromatic heterocycles. The molecule has 4 unspecified atom stereocenters. The maximum atomic E-state index is 13.1. The lowest BCUT2D eigenvalue weighted by Crippen LogP contribution is -2.61. The van der Waals surface area contributed by atoms with Crippen molar-refractivity contribution >= 4 is 29.8 Å². The molecule has 5 rings (SSSR count). The summed E-state index contributed by atoms with van der Waals surface area (Å²) in [7, 11) is 0. The normalized spacial score (nSPS) is 34.3. The predicted octanol–water partition coefficient (Wildman–Crippen LogP) is -0.0399. The van der Waals surface area contributed by atoms with Crippen molar-refractivity contribution < 1.29 is 104 Å². The van der Waals surface area contributed by atoms with E-state index in [0.29, 0.717) is 5.56 Å². The summed E-state index contributed by atoms with van der Waals surface area (Å²) in [6, 6.07) is 3.81. The van der Waals surface area contributed by atoms with Crippen LogP contribution in [0.4, 0.5) is 0 Å². The predicted molar refractivity (Wildman–Crippen MR) is 238 cm³/mol. The first-order valence-electron chi connectivity index (χ1n) is 21.8. The van der Waals surface area contributed by atoms with E-state index < -0.39 is 141 Å². The molecule has 1 saturated carbocycles. The number of Topliss-reactive ketones (excluding diaryl/α,β-unsaturated/α-hetero) is 1. The van der Waals surface area contributed by atoms with Gasteiger partial charge in [-0.25, -0.2) is 14.4 Å². The number of aliphatic hydroxyl groups excluding tert-OH is 7. The van der Waals surface area contributed by atoms with Crippen molar-refractivity contribution in [2.24, 2.45) is 0 Å². The van der Waals surface area contributed by atoms with Crippen LogP contribution in [0.25, 0.3) is 6.08 Å². The van der Waals surface area contributed by atoms with Gasteiger partial charge in [0, 0.05) is 25.3 Å². The minimum atomic E-state index is -2.38. The summed E-state index contributed by atoms with van der Waals surface area (Å²) >= 11 is 0. The zero-order chi connectivity index (χ0) is 50.7. The number of esters is 2. The molecule has 1 aliphatic carbocycles. The van der Waals surface area contributed by atoms with Gasteiger partial charge in [-0.15, -0.1) is 0 Å². The van der Waals surface area contributed by atoms with E-state index in [1.54, 1.807) is 62.5 Å². The Bertz CT molecular complexity index is 2270. The SMILES string of the molecule is CC(=C/C=C/C=C(C)/C=C/C=C(\C)C(=O)C[C@@H]1OC(CO[C@@H]2OC(CO)[C@@H](O)[C@H](O)C2O)[C@@H](O)[C@H](O)C1O)/C=C/C=C1\O[C@H]2C[C@](O)(C(=O)O)C[C@@H](OC(=O)/C=C/c3ccc(O)c(O)c3)[C@@H]2OC1=O. The summed E-state index contributed by atoms with van der Waals surface area (Å²) in [5, 5.41) is 111. The first kappa shape index (κ1) is 54.1. The minimum absolute atomic E-state index is 0.274. The van der Waals surface area contributed by atoms with Gasteiger partial charge in [0.15, 0.2) is 35.3 Å². The number of ketones is 1. The number of aliphatic hydroxyl groups is 8. The molecule has 21 nitrogen and oxygen atoms in total. The second kappa shape index (κ2) is 24.1. The molecule has 3 aliphatic heterocycles. The molecule has 21 heteroatoms. The Kier molecular flexibility index (Phi) is 18.9. The number of phenols is 2. The average Bonchev–Trinajstić information content (AvgIpc) is 3.30. The number of carbonyl (C=O) groups excluding carboxylic acids is 3. The summed E-state index contributed by atoms with van der Waals surface area (Å²) < 4.78 is 33.2. The number of hydrogen-bond donors (Lipinski definition) is 11. The Labute approximate surface area is 395 Å². The van der Waals surface area contributed by atoms with Gasteiger partial charge in [-0.1, -0.05) is 71.9 Å². The van der Waals surface area contributed by atoms with Gasteiger partial charge in [-0.2, -0.15) is 0 Å². The smallest absolute Gasteiger partial charge is 0.374 e. The highest BCUT2D eigenvalue weighted by atomic mass is 16.7. The fraction of sp³-hybridized carbons (Fsp3) is 0.458. The third-order valence-electron chi connectivity index (χ3n) is 11.7. The third kappa shape index (κ3) is 14.1. The number of carboxylic acid groups (broad SMARTS) is 1. The summed E-state index contributed by atoms with van der Waals surface area (Å²) in [4.78, 5) is 50.7. The standard InChI is InChI=1S/C48H58O21/c1-24(10-6-12-26(3)29(51)19-32-38(54)41(57)40(56)36(66-32)23-64-46-43(59)42(58)39(55)35(22-49)68-46)8-4-5-9-25(2)11-7-13-31-45(60)69-44-33(65-31)20-48(63,47(61)62)21-34(44)67-37(53)17-15-27-14-16-28(50)30(52)18-27/h4-18,32-36,38-44,46,49-50,52,54-59,63H,19-23H2,1-3H3,(H,61,62)/b5-4+,10-6+,11-7+,17-15+,24-8+,25-9-,26-12+,31-13-/t32-,33-,34+,35?,36?,38?,39+,40+,41+,42-,43?,44+,46+,48+/m0/s1. The molecule has 1 aromatic carbocycles. The van der Waals surface area contributed by atoms with Gasteiger partial charge in [-0.3, -0.25) is 4.79 Å². The second-order valence-electron chi connectivity index (χ2n) is 17.0. The number of aromatic hydroxyl groups is 2. The van der Waals surface area contributed by atoms with Gasteiger partial charge < -0.3 is 84.6 Å². The van der Waals surface area contributed by atoms with Crippen molar-refractivity contribution in [1.29, 1.82) is 0 Å². The Hall–Kier alpha value is -5.82. The number of allylic oxidation sites excluding steroid dienone is 13. The van der Waals surface area contributed by atoms with Crippen LogP contribution in [0, 0.1) is 0 Å². The molecular formula is C48H58O21. The highest BCUT2D eigenvalue weighted by Crippen LogP contribution is 2.38. The summed E-state index contributed by atoms with van der Waals surface area (Å²) in [6.45, 7) is 3.92. The maximum absolute atomic E-state index is 13.1. The molecule has 376 valence electrons. The van der Waals surface area contributed by atoms with Crippen LogP contribution < -0.4 is 0 Å². The topological polar surface area (TPSA) is 346 Å². The molecule has 11 N–H and O–H groups in total. The van der Waals surface area contributed by atoms with Crippen LogP contribution >= 0.6 is 0 Å². The fourth-order valence-electron chi connectivity index (χ4n) is 7.58. The zero-order valence-corrected chi connectivity index (χ0v) is 37.7. The van der Waals surface area contributed by atoms with E-state index in [0.717, 1.165) is 17.2 Å². The minimum Gasteiger partial charge on any atom is -0.504 e. The number of ether oxygens (including phenoxy) is 6. The molecule has 3 heterocycles. The number of aliphatic carboxylic acids is 1. The van der Waals surface area contributed by atoms with Gasteiger partial charge in [0.05, 0.1) is 19.3 Å². The Morgan fingerprint density at radius 3 is 2.04 bits per heavy atom. The lowest BCUT2D eigenvalue weighted by atomic mass is 9.79. The number of rotatable bonds is 17. The molecule has 4 fully saturated rings. The Morgan fingerprint density at radius 1 is 0.754 bits per heavy atom. The van der Waals surface area contributed by atoms with E-state index in [-0.39, 0.29) is 23.5 Å². The van der Waals surface area contributed by atoms with E-state index in [2.05, 4.69) is 0 Å². The van der Waals surface area contributed by atoms with Gasteiger partial charge >= 0.3 is 17.9 Å². The number of benzene rings is 1. The van der Waals surface area contributed by atoms with Crippen LogP contribution in [0.2, 0.25) is 0 Å². The van der Waals surface area contributed by atoms with Crippen LogP contribution in [0.3, 0.4) is 0 Å². The number of fused-ring (bicyclic) bond motifs is 1. The van der Waals surface area contributed by atoms with Crippen LogP contribution in [-0.2, 0) is 47.6 Å². The second-order valence-corrected chi connectivity index (χ2v) is 17.0. The van der Waals surface area contributed by atoms with Crippen molar-refractivity contribution in [3.8, 4) is 11.5 Å². The number of phenolic OH excluding ortho intramolecular Hbond substituents is 2. The van der Waals surface area contributed by atoms with Crippen molar-refractivity contribution in [3.05, 3.63) is 113 Å². The maximum Gasteiger partial charge on any atom is 0.374 e. The molecule has 0 amide bonds. The monoisotopic (exact) mass is 970 g/mol. The molecule has 4 aliphatic rings. The molecule has 0 bridgehead atoms. The lowest BCUT2D eigenvalue weighted by Gasteiger charge is -2.44. The van der Waals surface area contributed by atoms with Crippen LogP contribution in [0.5, 0.6) is 11.5 Å². The van der Waals surface area contributed by atoms with E-state index in [1.165, 1.54) is 36.4 Å². The zero-order valence-electron chi connectivity index (χ0n) is 37.7. The molecule has 14 atom stereocenters. The van der Waals surface area contributed by atoms with Crippen molar-refractivity contribution in [2.75, 3.05) is 13.2 Å². The summed E-state index contributed by atoms with van der Waals surface area (Å²) in [6.07, 6.45) is -2.03. The van der Waals surface area contributed by atoms with Crippen LogP contribution in [0.15, 0.2) is 108 Å². The van der Waals surface area contributed by atoms with Crippen molar-refractivity contribution in [2.45, 2.75) is 125 Å². The largest absolute Gasteiger partial charge is 0.504 e. The lowest BCUT2D eigenvalue weighted by molar-refractivity contribution is -0.314. The van der Waals surface area contributed by atoms with Gasteiger partial charge in [0.25, 0.3) is 0 Å². The summed E-state index contributed by atoms with van der Waals surface area (Å²) in [5.41, 5.74) is -0.215. The first-order valence-corrected chi connectivity index (χ1v) is 21.8. The molecule has 3 saturated heterocycles. The molecule has 69 heavy (non-hydrogen) atoms.